The highest BCUT2D eigenvalue weighted by atomic mass is 16.5. The molecule has 0 aromatic carbocycles. The molecular weight excluding hydrogens is 228 g/mol. The maximum Gasteiger partial charge on any atom is 0.249 e. The van der Waals surface area contributed by atoms with Gasteiger partial charge in [-0.05, 0) is 44.9 Å². The summed E-state index contributed by atoms with van der Waals surface area (Å²) in [5.74, 6) is 0.0300. The number of allylic oxidation sites excluding steroid dienone is 1. The van der Waals surface area contributed by atoms with Crippen LogP contribution >= 0.6 is 0 Å². The summed E-state index contributed by atoms with van der Waals surface area (Å²) >= 11 is 0. The molecule has 1 heterocycles. The maximum atomic E-state index is 11.9. The third-order valence-corrected chi connectivity index (χ3v) is 3.79. The Labute approximate surface area is 109 Å². The standard InChI is InChI=1S/C14H24N2O2/c15-10-12-6-7-13(18-12)14(17)16-9-8-11-4-2-1-3-5-11/h4,12-13H,1-3,5-10,15H2,(H,16,17). The van der Waals surface area contributed by atoms with Gasteiger partial charge in [-0.25, -0.2) is 0 Å². The van der Waals surface area contributed by atoms with E-state index in [1.807, 2.05) is 0 Å². The lowest BCUT2D eigenvalue weighted by Crippen LogP contribution is -2.36. The Bertz CT molecular complexity index is 315. The van der Waals surface area contributed by atoms with E-state index in [9.17, 15) is 4.79 Å². The Morgan fingerprint density at radius 3 is 3.00 bits per heavy atom. The van der Waals surface area contributed by atoms with E-state index in [-0.39, 0.29) is 18.1 Å². The molecule has 2 unspecified atom stereocenters. The molecule has 1 saturated heterocycles. The number of carbonyl (C=O) groups excluding carboxylic acids is 1. The van der Waals surface area contributed by atoms with E-state index in [2.05, 4.69) is 11.4 Å². The first kappa shape index (κ1) is 13.6. The molecule has 18 heavy (non-hydrogen) atoms. The summed E-state index contributed by atoms with van der Waals surface area (Å²) in [6.45, 7) is 1.24. The van der Waals surface area contributed by atoms with E-state index in [1.165, 1.54) is 31.3 Å². The highest BCUT2D eigenvalue weighted by molar-refractivity contribution is 5.81. The molecule has 2 aliphatic rings. The maximum absolute atomic E-state index is 11.9. The van der Waals surface area contributed by atoms with Gasteiger partial charge < -0.3 is 15.8 Å². The molecule has 4 nitrogen and oxygen atoms in total. The van der Waals surface area contributed by atoms with Crippen molar-refractivity contribution in [1.29, 1.82) is 0 Å². The third-order valence-electron chi connectivity index (χ3n) is 3.79. The van der Waals surface area contributed by atoms with Crippen molar-refractivity contribution in [2.24, 2.45) is 5.73 Å². The first-order chi connectivity index (χ1) is 8.79. The summed E-state index contributed by atoms with van der Waals surface area (Å²) in [6.07, 6.45) is 9.82. The molecular formula is C14H24N2O2. The molecule has 3 N–H and O–H groups in total. The predicted molar refractivity (Wildman–Crippen MR) is 71.1 cm³/mol. The molecule has 0 spiro atoms. The predicted octanol–water partition coefficient (Wildman–Crippen LogP) is 1.50. The van der Waals surface area contributed by atoms with Crippen LogP contribution in [0.25, 0.3) is 0 Å². The van der Waals surface area contributed by atoms with Crippen LogP contribution in [0.3, 0.4) is 0 Å². The molecule has 0 radical (unpaired) electrons. The summed E-state index contributed by atoms with van der Waals surface area (Å²) in [4.78, 5) is 11.9. The van der Waals surface area contributed by atoms with E-state index in [0.717, 1.165) is 25.8 Å². The largest absolute Gasteiger partial charge is 0.364 e. The zero-order chi connectivity index (χ0) is 12.8. The summed E-state index contributed by atoms with van der Waals surface area (Å²) in [5.41, 5.74) is 7.02. The van der Waals surface area contributed by atoms with Crippen LogP contribution in [0.2, 0.25) is 0 Å². The first-order valence-electron chi connectivity index (χ1n) is 7.10. The Kier molecular flexibility index (Phi) is 5.20. The monoisotopic (exact) mass is 252 g/mol. The number of rotatable bonds is 5. The summed E-state index contributed by atoms with van der Waals surface area (Å²) in [5, 5.41) is 2.97. The molecule has 1 aliphatic heterocycles. The van der Waals surface area contributed by atoms with Crippen molar-refractivity contribution in [2.45, 2.75) is 57.2 Å². The Morgan fingerprint density at radius 1 is 1.44 bits per heavy atom. The molecule has 1 aliphatic carbocycles. The van der Waals surface area contributed by atoms with Crippen LogP contribution in [0.1, 0.15) is 44.9 Å². The number of carbonyl (C=O) groups is 1. The molecule has 0 saturated carbocycles. The van der Waals surface area contributed by atoms with Crippen molar-refractivity contribution in [3.63, 3.8) is 0 Å². The Hall–Kier alpha value is -0.870. The zero-order valence-electron chi connectivity index (χ0n) is 11.0. The van der Waals surface area contributed by atoms with Gasteiger partial charge in [-0.15, -0.1) is 0 Å². The molecule has 1 fully saturated rings. The Balaban J connectivity index is 1.64. The summed E-state index contributed by atoms with van der Waals surface area (Å²) in [6, 6.07) is 0. The smallest absolute Gasteiger partial charge is 0.249 e. The summed E-state index contributed by atoms with van der Waals surface area (Å²) < 4.78 is 5.56. The lowest BCUT2D eigenvalue weighted by molar-refractivity contribution is -0.131. The molecule has 102 valence electrons. The van der Waals surface area contributed by atoms with E-state index >= 15 is 0 Å². The zero-order valence-corrected chi connectivity index (χ0v) is 11.0. The van der Waals surface area contributed by atoms with Gasteiger partial charge in [-0.1, -0.05) is 11.6 Å². The highest BCUT2D eigenvalue weighted by Gasteiger charge is 2.29. The fourth-order valence-corrected chi connectivity index (χ4v) is 2.66. The van der Waals surface area contributed by atoms with Crippen LogP contribution < -0.4 is 11.1 Å². The molecule has 2 rings (SSSR count). The number of ether oxygens (including phenoxy) is 1. The van der Waals surface area contributed by atoms with Crippen LogP contribution in [-0.2, 0) is 9.53 Å². The second-order valence-electron chi connectivity index (χ2n) is 5.21. The minimum Gasteiger partial charge on any atom is -0.364 e. The normalized spacial score (nSPS) is 27.9. The van der Waals surface area contributed by atoms with Crippen molar-refractivity contribution < 1.29 is 9.53 Å². The number of amides is 1. The van der Waals surface area contributed by atoms with Crippen molar-refractivity contribution >= 4 is 5.91 Å². The minimum absolute atomic E-state index is 0.0300. The first-order valence-corrected chi connectivity index (χ1v) is 7.10. The van der Waals surface area contributed by atoms with Gasteiger partial charge in [0.2, 0.25) is 5.91 Å². The van der Waals surface area contributed by atoms with Gasteiger partial charge in [0.15, 0.2) is 0 Å². The number of nitrogens with two attached hydrogens (primary N) is 1. The molecule has 4 heteroatoms. The molecule has 1 amide bonds. The number of nitrogens with one attached hydrogen (secondary N) is 1. The van der Waals surface area contributed by atoms with Gasteiger partial charge in [0.1, 0.15) is 6.10 Å². The lowest BCUT2D eigenvalue weighted by Gasteiger charge is -2.15. The van der Waals surface area contributed by atoms with E-state index in [0.29, 0.717) is 6.54 Å². The van der Waals surface area contributed by atoms with Crippen molar-refractivity contribution in [3.05, 3.63) is 11.6 Å². The number of hydrogen-bond acceptors (Lipinski definition) is 3. The highest BCUT2D eigenvalue weighted by Crippen LogP contribution is 2.20. The van der Waals surface area contributed by atoms with Crippen molar-refractivity contribution in [2.75, 3.05) is 13.1 Å². The second kappa shape index (κ2) is 6.90. The molecule has 0 aromatic rings. The van der Waals surface area contributed by atoms with Crippen LogP contribution in [0, 0.1) is 0 Å². The van der Waals surface area contributed by atoms with Crippen molar-refractivity contribution in [1.82, 2.24) is 5.32 Å². The molecule has 0 aromatic heterocycles. The van der Waals surface area contributed by atoms with E-state index in [4.69, 9.17) is 10.5 Å². The van der Waals surface area contributed by atoms with Gasteiger partial charge in [0.25, 0.3) is 0 Å². The molecule has 0 bridgehead atoms. The van der Waals surface area contributed by atoms with Gasteiger partial charge in [-0.3, -0.25) is 4.79 Å². The number of hydrogen-bond donors (Lipinski definition) is 2. The lowest BCUT2D eigenvalue weighted by atomic mass is 9.97. The third kappa shape index (κ3) is 3.82. The average molecular weight is 252 g/mol. The second-order valence-corrected chi connectivity index (χ2v) is 5.21. The molecule has 2 atom stereocenters. The van der Waals surface area contributed by atoms with Crippen LogP contribution in [0.5, 0.6) is 0 Å². The fraction of sp³-hybridized carbons (Fsp3) is 0.786. The van der Waals surface area contributed by atoms with Gasteiger partial charge in [-0.2, -0.15) is 0 Å². The van der Waals surface area contributed by atoms with Crippen LogP contribution in [-0.4, -0.2) is 31.2 Å². The van der Waals surface area contributed by atoms with Crippen LogP contribution in [0.15, 0.2) is 11.6 Å². The SMILES string of the molecule is NCC1CCC(C(=O)NCCC2=CCCCC2)O1. The van der Waals surface area contributed by atoms with E-state index < -0.39 is 0 Å². The quantitative estimate of drug-likeness (QED) is 0.729. The van der Waals surface area contributed by atoms with Gasteiger partial charge in [0, 0.05) is 13.1 Å². The Morgan fingerprint density at radius 2 is 2.33 bits per heavy atom. The van der Waals surface area contributed by atoms with Crippen LogP contribution in [0.4, 0.5) is 0 Å². The van der Waals surface area contributed by atoms with Crippen molar-refractivity contribution in [3.8, 4) is 0 Å². The van der Waals surface area contributed by atoms with Gasteiger partial charge in [0.05, 0.1) is 6.10 Å². The summed E-state index contributed by atoms with van der Waals surface area (Å²) in [7, 11) is 0. The fourth-order valence-electron chi connectivity index (χ4n) is 2.66. The topological polar surface area (TPSA) is 64.4 Å². The minimum atomic E-state index is -0.279. The average Bonchev–Trinajstić information content (AvgIpc) is 2.89. The van der Waals surface area contributed by atoms with Gasteiger partial charge >= 0.3 is 0 Å². The van der Waals surface area contributed by atoms with E-state index in [1.54, 1.807) is 0 Å².